The van der Waals surface area contributed by atoms with Crippen LogP contribution in [0.5, 0.6) is 0 Å². The SMILES string of the molecule is CN(C(=O)[C@H]1CNC(=O)C1)[C@@H](c1ccc(N2CCCc3c2cnc2cc(Cl)nn32)cc1)C(F)(F)F. The number of carbonyl (C=O) groups is 2. The number of aromatic nitrogens is 3. The van der Waals surface area contributed by atoms with Gasteiger partial charge in [0.2, 0.25) is 11.8 Å². The Labute approximate surface area is 203 Å². The number of anilines is 2. The Kier molecular flexibility index (Phi) is 5.82. The molecule has 8 nitrogen and oxygen atoms in total. The first kappa shape index (κ1) is 23.4. The van der Waals surface area contributed by atoms with Crippen molar-refractivity contribution in [3.63, 3.8) is 0 Å². The molecule has 2 aliphatic rings. The van der Waals surface area contributed by atoms with Gasteiger partial charge in [0.25, 0.3) is 0 Å². The predicted molar refractivity (Wildman–Crippen MR) is 122 cm³/mol. The number of nitrogens with zero attached hydrogens (tertiary/aromatic N) is 5. The summed E-state index contributed by atoms with van der Waals surface area (Å²) in [5.41, 5.74) is 3.02. The summed E-state index contributed by atoms with van der Waals surface area (Å²) in [6.45, 7) is 0.709. The van der Waals surface area contributed by atoms with E-state index in [-0.39, 0.29) is 24.4 Å². The lowest BCUT2D eigenvalue weighted by Gasteiger charge is -2.33. The number of benzene rings is 1. The Hall–Kier alpha value is -3.34. The largest absolute Gasteiger partial charge is 0.413 e. The quantitative estimate of drug-likeness (QED) is 0.584. The number of halogens is 4. The maximum atomic E-state index is 14.1. The minimum absolute atomic E-state index is 0.0443. The highest BCUT2D eigenvalue weighted by molar-refractivity contribution is 6.29. The zero-order valence-corrected chi connectivity index (χ0v) is 19.5. The highest BCUT2D eigenvalue weighted by Gasteiger charge is 2.47. The van der Waals surface area contributed by atoms with Crippen molar-refractivity contribution in [3.8, 4) is 0 Å². The third-order valence-corrected chi connectivity index (χ3v) is 6.69. The number of fused-ring (bicyclic) bond motifs is 3. The summed E-state index contributed by atoms with van der Waals surface area (Å²) in [5.74, 6) is -1.86. The van der Waals surface area contributed by atoms with Crippen molar-refractivity contribution in [2.75, 3.05) is 25.0 Å². The molecule has 35 heavy (non-hydrogen) atoms. The first-order chi connectivity index (χ1) is 16.6. The summed E-state index contributed by atoms with van der Waals surface area (Å²) < 4.78 is 43.9. The van der Waals surface area contributed by atoms with Crippen LogP contribution in [0.4, 0.5) is 24.5 Å². The fraction of sp³-hybridized carbons (Fsp3) is 0.391. The molecule has 0 radical (unpaired) electrons. The van der Waals surface area contributed by atoms with E-state index in [0.29, 0.717) is 27.9 Å². The Morgan fingerprint density at radius 3 is 2.69 bits per heavy atom. The van der Waals surface area contributed by atoms with Gasteiger partial charge in [-0.25, -0.2) is 9.50 Å². The molecule has 5 rings (SSSR count). The van der Waals surface area contributed by atoms with Crippen LogP contribution in [0.1, 0.15) is 30.1 Å². The van der Waals surface area contributed by atoms with Crippen LogP contribution in [0.2, 0.25) is 5.15 Å². The summed E-state index contributed by atoms with van der Waals surface area (Å²) in [6.07, 6.45) is -1.49. The van der Waals surface area contributed by atoms with Crippen molar-refractivity contribution in [1.82, 2.24) is 24.8 Å². The Morgan fingerprint density at radius 2 is 2.03 bits per heavy atom. The number of rotatable bonds is 4. The van der Waals surface area contributed by atoms with Gasteiger partial charge in [-0.2, -0.15) is 18.3 Å². The molecule has 0 saturated carbocycles. The highest BCUT2D eigenvalue weighted by Crippen LogP contribution is 2.40. The van der Waals surface area contributed by atoms with Gasteiger partial charge in [-0.3, -0.25) is 9.59 Å². The summed E-state index contributed by atoms with van der Waals surface area (Å²) >= 11 is 6.03. The molecule has 4 heterocycles. The molecule has 0 unspecified atom stereocenters. The maximum absolute atomic E-state index is 14.1. The van der Waals surface area contributed by atoms with Crippen LogP contribution in [-0.2, 0) is 16.0 Å². The lowest BCUT2D eigenvalue weighted by molar-refractivity contribution is -0.190. The first-order valence-electron chi connectivity index (χ1n) is 11.1. The van der Waals surface area contributed by atoms with Crippen molar-refractivity contribution >= 4 is 40.4 Å². The summed E-state index contributed by atoms with van der Waals surface area (Å²) in [4.78, 5) is 31.2. The predicted octanol–water partition coefficient (Wildman–Crippen LogP) is 3.66. The van der Waals surface area contributed by atoms with Crippen LogP contribution in [0.3, 0.4) is 0 Å². The van der Waals surface area contributed by atoms with Crippen molar-refractivity contribution in [3.05, 3.63) is 52.9 Å². The van der Waals surface area contributed by atoms with Gasteiger partial charge in [0.1, 0.15) is 0 Å². The number of carbonyl (C=O) groups excluding carboxylic acids is 2. The number of alkyl halides is 3. The van der Waals surface area contributed by atoms with E-state index in [0.717, 1.165) is 31.3 Å². The Morgan fingerprint density at radius 1 is 1.29 bits per heavy atom. The van der Waals surface area contributed by atoms with E-state index in [1.165, 1.54) is 12.1 Å². The summed E-state index contributed by atoms with van der Waals surface area (Å²) in [6, 6.07) is 5.55. The molecule has 2 amide bonds. The number of amides is 2. The number of hydrogen-bond donors (Lipinski definition) is 1. The monoisotopic (exact) mass is 506 g/mol. The minimum Gasteiger partial charge on any atom is -0.355 e. The molecule has 2 aromatic heterocycles. The molecule has 184 valence electrons. The van der Waals surface area contributed by atoms with E-state index in [1.807, 2.05) is 4.90 Å². The average molecular weight is 507 g/mol. The molecule has 0 spiro atoms. The minimum atomic E-state index is -4.69. The van der Waals surface area contributed by atoms with Crippen LogP contribution in [0.25, 0.3) is 5.65 Å². The molecule has 1 saturated heterocycles. The maximum Gasteiger partial charge on any atom is 0.413 e. The molecule has 2 atom stereocenters. The van der Waals surface area contributed by atoms with Gasteiger partial charge in [-0.05, 0) is 30.5 Å². The smallest absolute Gasteiger partial charge is 0.355 e. The van der Waals surface area contributed by atoms with E-state index in [9.17, 15) is 22.8 Å². The molecule has 2 aliphatic heterocycles. The number of nitrogens with one attached hydrogen (secondary N) is 1. The van der Waals surface area contributed by atoms with Crippen LogP contribution >= 0.6 is 11.6 Å². The molecule has 3 aromatic rings. The third-order valence-electron chi connectivity index (χ3n) is 6.51. The van der Waals surface area contributed by atoms with Crippen molar-refractivity contribution < 1.29 is 22.8 Å². The molecule has 0 aliphatic carbocycles. The van der Waals surface area contributed by atoms with Crippen LogP contribution in [-0.4, -0.2) is 57.6 Å². The zero-order chi connectivity index (χ0) is 24.9. The molecular weight excluding hydrogens is 485 g/mol. The van der Waals surface area contributed by atoms with E-state index < -0.39 is 24.0 Å². The van der Waals surface area contributed by atoms with Gasteiger partial charge in [0.05, 0.1) is 23.5 Å². The second-order valence-electron chi connectivity index (χ2n) is 8.77. The lowest BCUT2D eigenvalue weighted by atomic mass is 10.0. The lowest BCUT2D eigenvalue weighted by Crippen LogP contribution is -2.43. The van der Waals surface area contributed by atoms with Crippen LogP contribution in [0.15, 0.2) is 36.5 Å². The van der Waals surface area contributed by atoms with E-state index in [2.05, 4.69) is 15.4 Å². The number of hydrogen-bond acceptors (Lipinski definition) is 5. The van der Waals surface area contributed by atoms with Gasteiger partial charge in [-0.15, -0.1) is 0 Å². The average Bonchev–Trinajstić information content (AvgIpc) is 3.42. The molecule has 0 bridgehead atoms. The van der Waals surface area contributed by atoms with Crippen LogP contribution < -0.4 is 10.2 Å². The highest BCUT2D eigenvalue weighted by atomic mass is 35.5. The third kappa shape index (κ3) is 4.29. The van der Waals surface area contributed by atoms with E-state index in [1.54, 1.807) is 28.9 Å². The molecule has 1 fully saturated rings. The van der Waals surface area contributed by atoms with Gasteiger partial charge in [-0.1, -0.05) is 23.7 Å². The Balaban J connectivity index is 1.44. The van der Waals surface area contributed by atoms with Crippen LogP contribution in [0, 0.1) is 5.92 Å². The molecule has 12 heteroatoms. The fourth-order valence-corrected chi connectivity index (χ4v) is 5.03. The topological polar surface area (TPSA) is 82.8 Å². The first-order valence-corrected chi connectivity index (χ1v) is 11.5. The molecular formula is C23H22ClF3N6O2. The Bertz CT molecular complexity index is 1290. The van der Waals surface area contributed by atoms with E-state index >= 15 is 0 Å². The second-order valence-corrected chi connectivity index (χ2v) is 9.16. The summed E-state index contributed by atoms with van der Waals surface area (Å²) in [5, 5.41) is 7.13. The fourth-order valence-electron chi connectivity index (χ4n) is 4.86. The second kappa shape index (κ2) is 8.71. The van der Waals surface area contributed by atoms with Gasteiger partial charge in [0.15, 0.2) is 16.8 Å². The zero-order valence-electron chi connectivity index (χ0n) is 18.7. The number of aryl methyl sites for hydroxylation is 1. The molecule has 1 N–H and O–H groups in total. The standard InChI is InChI=1S/C23H22ClF3N6O2/c1-31(22(35)14-9-20(34)29-11-14)21(23(25,26)27)13-4-6-15(7-5-13)32-8-2-3-16-17(32)12-28-19-10-18(24)30-33(16)19/h4-7,10,12,14,21H,2-3,8-9,11H2,1H3,(H,29,34)/t14-,21+/m1/s1. The van der Waals surface area contributed by atoms with Gasteiger partial charge in [0, 0.05) is 38.3 Å². The van der Waals surface area contributed by atoms with Gasteiger partial charge >= 0.3 is 6.18 Å². The van der Waals surface area contributed by atoms with Crippen molar-refractivity contribution in [2.45, 2.75) is 31.5 Å². The van der Waals surface area contributed by atoms with E-state index in [4.69, 9.17) is 11.6 Å². The summed E-state index contributed by atoms with van der Waals surface area (Å²) in [7, 11) is 1.13. The van der Waals surface area contributed by atoms with Gasteiger partial charge < -0.3 is 15.1 Å². The van der Waals surface area contributed by atoms with Crippen molar-refractivity contribution in [1.29, 1.82) is 0 Å². The molecule has 1 aromatic carbocycles. The van der Waals surface area contributed by atoms with Crippen molar-refractivity contribution in [2.24, 2.45) is 5.92 Å². The normalized spacial score (nSPS) is 18.9.